The molecule has 0 saturated heterocycles. The summed E-state index contributed by atoms with van der Waals surface area (Å²) in [5, 5.41) is 0. The topological polar surface area (TPSA) is 3.01 Å². The molecule has 0 amide bonds. The van der Waals surface area contributed by atoms with Crippen molar-refractivity contribution < 1.29 is 4.58 Å². The van der Waals surface area contributed by atoms with Crippen LogP contribution in [0.2, 0.25) is 0 Å². The minimum atomic E-state index is 1.13. The zero-order chi connectivity index (χ0) is 7.11. The Hall–Kier alpha value is -0.590. The third-order valence-corrected chi connectivity index (χ3v) is 1.11. The van der Waals surface area contributed by atoms with Gasteiger partial charge in [0.05, 0.1) is 0 Å². The second-order valence-corrected chi connectivity index (χ2v) is 2.37. The lowest BCUT2D eigenvalue weighted by atomic mass is 10.2. The van der Waals surface area contributed by atoms with Gasteiger partial charge in [-0.1, -0.05) is 6.08 Å². The molecule has 1 heteroatoms. The van der Waals surface area contributed by atoms with Crippen LogP contribution in [0.5, 0.6) is 0 Å². The number of allylic oxidation sites excluding steroid dienone is 1. The van der Waals surface area contributed by atoms with Crippen LogP contribution in [0.4, 0.5) is 0 Å². The monoisotopic (exact) mass is 126 g/mol. The average molecular weight is 126 g/mol. The molecule has 0 bridgehead atoms. The summed E-state index contributed by atoms with van der Waals surface area (Å²) in [7, 11) is 4.10. The molecule has 0 aliphatic rings. The number of rotatable bonds is 4. The van der Waals surface area contributed by atoms with Crippen LogP contribution in [0, 0.1) is 0 Å². The van der Waals surface area contributed by atoms with E-state index in [1.165, 1.54) is 12.8 Å². The number of unbranched alkanes of at least 4 members (excludes halogenated alkanes) is 2. The first-order valence-electron chi connectivity index (χ1n) is 3.38. The molecule has 0 aliphatic heterocycles. The Labute approximate surface area is 57.7 Å². The van der Waals surface area contributed by atoms with Crippen molar-refractivity contribution in [3.05, 3.63) is 12.7 Å². The first-order chi connectivity index (χ1) is 4.27. The van der Waals surface area contributed by atoms with Gasteiger partial charge in [-0.25, -0.2) is 4.58 Å². The van der Waals surface area contributed by atoms with Crippen molar-refractivity contribution in [2.75, 3.05) is 14.1 Å². The highest BCUT2D eigenvalue weighted by Gasteiger charge is 1.84. The molecule has 0 saturated carbocycles. The Bertz CT molecular complexity index is 99.1. The maximum atomic E-state index is 3.65. The molecule has 0 rings (SSSR count). The molecule has 0 aromatic rings. The Morgan fingerprint density at radius 1 is 1.33 bits per heavy atom. The molecule has 0 atom stereocenters. The maximum Gasteiger partial charge on any atom is 0.139 e. The van der Waals surface area contributed by atoms with E-state index in [1.807, 2.05) is 20.2 Å². The summed E-state index contributed by atoms with van der Waals surface area (Å²) in [6.07, 6.45) is 7.66. The molecule has 0 heterocycles. The lowest BCUT2D eigenvalue weighted by molar-refractivity contribution is -0.460. The molecular formula is C8H16N+. The second kappa shape index (κ2) is 5.54. The molecule has 1 nitrogen and oxygen atoms in total. The van der Waals surface area contributed by atoms with E-state index in [9.17, 15) is 0 Å². The van der Waals surface area contributed by atoms with Crippen molar-refractivity contribution in [2.24, 2.45) is 0 Å². The van der Waals surface area contributed by atoms with Gasteiger partial charge in [0.25, 0.3) is 0 Å². The SMILES string of the molecule is C=CCCCC=[N+](C)C. The van der Waals surface area contributed by atoms with Crippen LogP contribution in [0.25, 0.3) is 0 Å². The molecule has 0 fully saturated rings. The van der Waals surface area contributed by atoms with E-state index in [2.05, 4.69) is 17.4 Å². The smallest absolute Gasteiger partial charge is 0.139 e. The van der Waals surface area contributed by atoms with Crippen molar-refractivity contribution in [1.29, 1.82) is 0 Å². The Morgan fingerprint density at radius 2 is 2.00 bits per heavy atom. The summed E-state index contributed by atoms with van der Waals surface area (Å²) < 4.78 is 2.09. The van der Waals surface area contributed by atoms with Gasteiger partial charge in [-0.15, -0.1) is 6.58 Å². The van der Waals surface area contributed by atoms with Crippen LogP contribution >= 0.6 is 0 Å². The van der Waals surface area contributed by atoms with E-state index in [4.69, 9.17) is 0 Å². The molecule has 0 unspecified atom stereocenters. The highest BCUT2D eigenvalue weighted by atomic mass is 14.9. The van der Waals surface area contributed by atoms with Crippen molar-refractivity contribution in [2.45, 2.75) is 19.3 Å². The molecule has 0 aliphatic carbocycles. The second-order valence-electron chi connectivity index (χ2n) is 2.37. The molecular weight excluding hydrogens is 110 g/mol. The van der Waals surface area contributed by atoms with Crippen LogP contribution in [0.15, 0.2) is 12.7 Å². The standard InChI is InChI=1S/C8H16N/c1-4-5-6-7-8-9(2)3/h4,8H,1,5-7H2,2-3H3/q+1. The third kappa shape index (κ3) is 7.41. The maximum absolute atomic E-state index is 3.65. The van der Waals surface area contributed by atoms with Gasteiger partial charge in [-0.3, -0.25) is 0 Å². The van der Waals surface area contributed by atoms with Gasteiger partial charge >= 0.3 is 0 Å². The zero-order valence-corrected chi connectivity index (χ0v) is 6.43. The molecule has 9 heavy (non-hydrogen) atoms. The quantitative estimate of drug-likeness (QED) is 0.233. The third-order valence-electron chi connectivity index (χ3n) is 1.11. The fraction of sp³-hybridized carbons (Fsp3) is 0.625. The summed E-state index contributed by atoms with van der Waals surface area (Å²) in [5.74, 6) is 0. The summed E-state index contributed by atoms with van der Waals surface area (Å²) in [4.78, 5) is 0. The van der Waals surface area contributed by atoms with Crippen LogP contribution in [-0.2, 0) is 0 Å². The summed E-state index contributed by atoms with van der Waals surface area (Å²) >= 11 is 0. The summed E-state index contributed by atoms with van der Waals surface area (Å²) in [6, 6.07) is 0. The highest BCUT2D eigenvalue weighted by molar-refractivity contribution is 5.50. The van der Waals surface area contributed by atoms with E-state index in [1.54, 1.807) is 0 Å². The van der Waals surface area contributed by atoms with Crippen LogP contribution < -0.4 is 0 Å². The Balaban J connectivity index is 3.09. The predicted molar refractivity (Wildman–Crippen MR) is 42.2 cm³/mol. The van der Waals surface area contributed by atoms with Crippen molar-refractivity contribution in [3.8, 4) is 0 Å². The van der Waals surface area contributed by atoms with Gasteiger partial charge in [-0.2, -0.15) is 0 Å². The minimum absolute atomic E-state index is 1.13. The summed E-state index contributed by atoms with van der Waals surface area (Å²) in [6.45, 7) is 3.65. The lowest BCUT2D eigenvalue weighted by Crippen LogP contribution is -1.97. The van der Waals surface area contributed by atoms with E-state index < -0.39 is 0 Å². The van der Waals surface area contributed by atoms with Gasteiger partial charge in [0.15, 0.2) is 0 Å². The van der Waals surface area contributed by atoms with Crippen LogP contribution in [0.3, 0.4) is 0 Å². The van der Waals surface area contributed by atoms with Crippen molar-refractivity contribution in [1.82, 2.24) is 0 Å². The number of hydrogen-bond donors (Lipinski definition) is 0. The number of hydrogen-bond acceptors (Lipinski definition) is 0. The van der Waals surface area contributed by atoms with E-state index in [0.717, 1.165) is 6.42 Å². The van der Waals surface area contributed by atoms with Crippen LogP contribution in [0.1, 0.15) is 19.3 Å². The Kier molecular flexibility index (Phi) is 5.18. The molecule has 0 aromatic carbocycles. The van der Waals surface area contributed by atoms with Gasteiger partial charge < -0.3 is 0 Å². The minimum Gasteiger partial charge on any atom is -0.245 e. The fourth-order valence-electron chi connectivity index (χ4n) is 0.612. The van der Waals surface area contributed by atoms with Gasteiger partial charge in [-0.05, 0) is 12.8 Å². The van der Waals surface area contributed by atoms with E-state index in [-0.39, 0.29) is 0 Å². The van der Waals surface area contributed by atoms with Gasteiger partial charge in [0.1, 0.15) is 20.3 Å². The molecule has 52 valence electrons. The average Bonchev–Trinajstić information content (AvgIpc) is 1.80. The zero-order valence-electron chi connectivity index (χ0n) is 6.43. The molecule has 0 N–H and O–H groups in total. The first-order valence-corrected chi connectivity index (χ1v) is 3.38. The number of nitrogens with zero attached hydrogens (tertiary/aromatic N) is 1. The van der Waals surface area contributed by atoms with E-state index >= 15 is 0 Å². The lowest BCUT2D eigenvalue weighted by Gasteiger charge is -1.86. The van der Waals surface area contributed by atoms with Gasteiger partial charge in [0.2, 0.25) is 0 Å². The largest absolute Gasteiger partial charge is 0.245 e. The molecule has 0 spiro atoms. The summed E-state index contributed by atoms with van der Waals surface area (Å²) in [5.41, 5.74) is 0. The normalized spacial score (nSPS) is 8.67. The Morgan fingerprint density at radius 3 is 2.44 bits per heavy atom. The van der Waals surface area contributed by atoms with Crippen LogP contribution in [-0.4, -0.2) is 24.9 Å². The highest BCUT2D eigenvalue weighted by Crippen LogP contribution is 1.91. The van der Waals surface area contributed by atoms with Crippen molar-refractivity contribution in [3.63, 3.8) is 0 Å². The van der Waals surface area contributed by atoms with E-state index in [0.29, 0.717) is 0 Å². The molecule has 0 radical (unpaired) electrons. The molecule has 0 aromatic heterocycles. The van der Waals surface area contributed by atoms with Gasteiger partial charge in [0, 0.05) is 6.42 Å². The fourth-order valence-corrected chi connectivity index (χ4v) is 0.612. The predicted octanol–water partition coefficient (Wildman–Crippen LogP) is 1.69. The van der Waals surface area contributed by atoms with Crippen molar-refractivity contribution >= 4 is 6.21 Å². The first kappa shape index (κ1) is 8.41.